The van der Waals surface area contributed by atoms with Crippen LogP contribution in [-0.4, -0.2) is 47.2 Å². The molecule has 1 fully saturated rings. The number of thioether (sulfide) groups is 2. The Hall–Kier alpha value is -1.01. The molecule has 6 heteroatoms. The minimum absolute atomic E-state index is 0.0241. The van der Waals surface area contributed by atoms with Gasteiger partial charge >= 0.3 is 0 Å². The van der Waals surface area contributed by atoms with Crippen molar-refractivity contribution in [3.8, 4) is 11.5 Å². The van der Waals surface area contributed by atoms with E-state index in [9.17, 15) is 9.90 Å². The third kappa shape index (κ3) is 3.98. The van der Waals surface area contributed by atoms with Gasteiger partial charge in [-0.25, -0.2) is 0 Å². The number of phenolic OH excluding ortho intramolecular Hbond substituents is 1. The summed E-state index contributed by atoms with van der Waals surface area (Å²) in [6.45, 7) is 0.632. The molecule has 0 aromatic heterocycles. The summed E-state index contributed by atoms with van der Waals surface area (Å²) in [5, 5.41) is 13.0. The Kier molecular flexibility index (Phi) is 5.27. The zero-order valence-corrected chi connectivity index (χ0v) is 12.4. The molecule has 0 spiro atoms. The van der Waals surface area contributed by atoms with E-state index in [1.54, 1.807) is 12.1 Å². The van der Waals surface area contributed by atoms with Crippen LogP contribution in [0, 0.1) is 0 Å². The number of carbonyl (C=O) groups is 1. The molecule has 1 aromatic carbocycles. The van der Waals surface area contributed by atoms with Crippen LogP contribution in [0.5, 0.6) is 11.5 Å². The molecule has 0 bridgehead atoms. The fourth-order valence-electron chi connectivity index (χ4n) is 1.78. The number of rotatable bonds is 4. The predicted molar refractivity (Wildman–Crippen MR) is 80.6 cm³/mol. The van der Waals surface area contributed by atoms with Crippen LogP contribution in [0.2, 0.25) is 0 Å². The zero-order valence-electron chi connectivity index (χ0n) is 10.7. The second-order valence-electron chi connectivity index (χ2n) is 4.16. The van der Waals surface area contributed by atoms with Crippen LogP contribution in [0.3, 0.4) is 0 Å². The number of hydrogen-bond donors (Lipinski definition) is 2. The molecule has 0 radical (unpaired) electrons. The van der Waals surface area contributed by atoms with Gasteiger partial charge < -0.3 is 15.2 Å². The van der Waals surface area contributed by atoms with Gasteiger partial charge in [0, 0.05) is 29.1 Å². The molecule has 1 atom stereocenters. The van der Waals surface area contributed by atoms with Gasteiger partial charge in [-0.1, -0.05) is 0 Å². The molecular weight excluding hydrogens is 282 g/mol. The fourth-order valence-corrected chi connectivity index (χ4v) is 4.39. The second kappa shape index (κ2) is 6.96. The molecule has 0 aliphatic carbocycles. The number of hydrogen-bond acceptors (Lipinski definition) is 5. The second-order valence-corrected chi connectivity index (χ2v) is 6.72. The van der Waals surface area contributed by atoms with Crippen molar-refractivity contribution in [1.82, 2.24) is 5.32 Å². The summed E-state index contributed by atoms with van der Waals surface area (Å²) < 4.78 is 5.06. The third-order valence-corrected chi connectivity index (χ3v) is 5.67. The summed E-state index contributed by atoms with van der Waals surface area (Å²) in [7, 11) is 1.53. The molecule has 1 aliphatic rings. The number of nitrogens with one attached hydrogen (secondary N) is 1. The van der Waals surface area contributed by atoms with Crippen molar-refractivity contribution in [2.45, 2.75) is 5.25 Å². The van der Waals surface area contributed by atoms with Crippen LogP contribution >= 0.6 is 23.5 Å². The molecule has 0 saturated carbocycles. The van der Waals surface area contributed by atoms with Gasteiger partial charge in [0.2, 0.25) is 0 Å². The molecule has 1 unspecified atom stereocenters. The highest BCUT2D eigenvalue weighted by molar-refractivity contribution is 8.06. The number of carbonyl (C=O) groups excluding carboxylic acids is 1. The Morgan fingerprint density at radius 1 is 1.53 bits per heavy atom. The van der Waals surface area contributed by atoms with Crippen molar-refractivity contribution in [2.75, 3.05) is 30.9 Å². The van der Waals surface area contributed by atoms with Crippen LogP contribution in [0.1, 0.15) is 10.4 Å². The Labute approximate surface area is 121 Å². The predicted octanol–water partition coefficient (Wildman–Crippen LogP) is 1.98. The molecule has 2 rings (SSSR count). The standard InChI is InChI=1S/C13H17NO3S2/c1-17-9-2-3-12(15)11(6-9)13(16)14-7-10-8-18-4-5-19-10/h2-3,6,10,15H,4-5,7-8H2,1H3,(H,14,16). The highest BCUT2D eigenvalue weighted by Gasteiger charge is 2.17. The number of benzene rings is 1. The lowest BCUT2D eigenvalue weighted by molar-refractivity contribution is 0.0951. The first-order valence-corrected chi connectivity index (χ1v) is 8.25. The van der Waals surface area contributed by atoms with Crippen LogP contribution in [0.25, 0.3) is 0 Å². The van der Waals surface area contributed by atoms with E-state index in [-0.39, 0.29) is 17.2 Å². The zero-order chi connectivity index (χ0) is 13.7. The van der Waals surface area contributed by atoms with Crippen LogP contribution in [0.15, 0.2) is 18.2 Å². The maximum atomic E-state index is 12.0. The highest BCUT2D eigenvalue weighted by Crippen LogP contribution is 2.25. The summed E-state index contributed by atoms with van der Waals surface area (Å²) in [4.78, 5) is 12.0. The van der Waals surface area contributed by atoms with E-state index in [1.165, 1.54) is 18.9 Å². The first-order valence-electron chi connectivity index (χ1n) is 6.05. The maximum absolute atomic E-state index is 12.0. The average molecular weight is 299 g/mol. The van der Waals surface area contributed by atoms with Crippen molar-refractivity contribution >= 4 is 29.4 Å². The van der Waals surface area contributed by atoms with E-state index in [0.29, 0.717) is 17.5 Å². The number of ether oxygens (including phenoxy) is 1. The summed E-state index contributed by atoms with van der Waals surface area (Å²) in [5.41, 5.74) is 0.257. The smallest absolute Gasteiger partial charge is 0.255 e. The van der Waals surface area contributed by atoms with E-state index >= 15 is 0 Å². The number of amides is 1. The molecule has 4 nitrogen and oxygen atoms in total. The van der Waals surface area contributed by atoms with Gasteiger partial charge in [0.25, 0.3) is 5.91 Å². The molecule has 19 heavy (non-hydrogen) atoms. The first kappa shape index (κ1) is 14.4. The molecule has 2 N–H and O–H groups in total. The lowest BCUT2D eigenvalue weighted by Gasteiger charge is -2.21. The van der Waals surface area contributed by atoms with Gasteiger partial charge in [0.05, 0.1) is 12.7 Å². The van der Waals surface area contributed by atoms with Crippen molar-refractivity contribution in [3.63, 3.8) is 0 Å². The largest absolute Gasteiger partial charge is 0.507 e. The number of phenols is 1. The molecule has 1 aliphatic heterocycles. The third-order valence-electron chi connectivity index (χ3n) is 2.82. The molecule has 1 heterocycles. The SMILES string of the molecule is COc1ccc(O)c(C(=O)NCC2CSCCS2)c1. The first-order chi connectivity index (χ1) is 9.20. The fraction of sp³-hybridized carbons (Fsp3) is 0.462. The van der Waals surface area contributed by atoms with Crippen LogP contribution < -0.4 is 10.1 Å². The molecule has 1 saturated heterocycles. The van der Waals surface area contributed by atoms with Crippen molar-refractivity contribution in [2.24, 2.45) is 0 Å². The molecule has 1 amide bonds. The van der Waals surface area contributed by atoms with Gasteiger partial charge in [-0.15, -0.1) is 0 Å². The normalized spacial score (nSPS) is 18.9. The maximum Gasteiger partial charge on any atom is 0.255 e. The van der Waals surface area contributed by atoms with Crippen LogP contribution in [-0.2, 0) is 0 Å². The molecule has 104 valence electrons. The minimum Gasteiger partial charge on any atom is -0.507 e. The van der Waals surface area contributed by atoms with E-state index in [0.717, 1.165) is 11.5 Å². The summed E-state index contributed by atoms with van der Waals surface area (Å²) in [5.74, 6) is 3.67. The van der Waals surface area contributed by atoms with E-state index in [2.05, 4.69) is 5.32 Å². The topological polar surface area (TPSA) is 58.6 Å². The van der Waals surface area contributed by atoms with Crippen molar-refractivity contribution in [1.29, 1.82) is 0 Å². The summed E-state index contributed by atoms with van der Waals surface area (Å²) in [6.07, 6.45) is 0. The number of aromatic hydroxyl groups is 1. The van der Waals surface area contributed by atoms with Crippen molar-refractivity contribution in [3.05, 3.63) is 23.8 Å². The summed E-state index contributed by atoms with van der Waals surface area (Å²) in [6, 6.07) is 4.64. The Bertz CT molecular complexity index is 448. The van der Waals surface area contributed by atoms with E-state index < -0.39 is 0 Å². The lowest BCUT2D eigenvalue weighted by atomic mass is 10.1. The Balaban J connectivity index is 1.95. The highest BCUT2D eigenvalue weighted by atomic mass is 32.2. The Morgan fingerprint density at radius 2 is 2.37 bits per heavy atom. The monoisotopic (exact) mass is 299 g/mol. The van der Waals surface area contributed by atoms with Gasteiger partial charge in [0.1, 0.15) is 11.5 Å². The lowest BCUT2D eigenvalue weighted by Crippen LogP contribution is -2.33. The summed E-state index contributed by atoms with van der Waals surface area (Å²) >= 11 is 3.81. The van der Waals surface area contributed by atoms with Gasteiger partial charge in [-0.2, -0.15) is 23.5 Å². The van der Waals surface area contributed by atoms with Gasteiger partial charge in [-0.3, -0.25) is 4.79 Å². The van der Waals surface area contributed by atoms with Crippen LogP contribution in [0.4, 0.5) is 0 Å². The Morgan fingerprint density at radius 3 is 3.05 bits per heavy atom. The van der Waals surface area contributed by atoms with Crippen molar-refractivity contribution < 1.29 is 14.6 Å². The van der Waals surface area contributed by atoms with E-state index in [1.807, 2.05) is 23.5 Å². The quantitative estimate of drug-likeness (QED) is 0.890. The number of methoxy groups -OCH3 is 1. The average Bonchev–Trinajstić information content (AvgIpc) is 2.46. The minimum atomic E-state index is -0.257. The van der Waals surface area contributed by atoms with E-state index in [4.69, 9.17) is 4.74 Å². The molecule has 1 aromatic rings. The van der Waals surface area contributed by atoms with Gasteiger partial charge in [0.15, 0.2) is 0 Å². The van der Waals surface area contributed by atoms with Gasteiger partial charge in [-0.05, 0) is 18.2 Å². The molecular formula is C13H17NO3S2.